The zero-order valence-electron chi connectivity index (χ0n) is 29.9. The molecule has 1 heterocycles. The molecule has 0 spiro atoms. The Labute approximate surface area is 244 Å². The van der Waals surface area contributed by atoms with Crippen molar-refractivity contribution in [2.45, 2.75) is 0 Å². The molecule has 0 bridgehead atoms. The molecule has 6 aromatic carbocycles. The second-order valence-electron chi connectivity index (χ2n) is 8.80. The monoisotopic (exact) mass is 559 g/mol. The highest BCUT2D eigenvalue weighted by atomic mass is 79.9. The first-order valence-corrected chi connectivity index (χ1v) is 12.8. The Morgan fingerprint density at radius 2 is 1.16 bits per heavy atom. The number of hydrogen-bond acceptors (Lipinski definition) is 0. The summed E-state index contributed by atoms with van der Waals surface area (Å²) in [5, 5.41) is 1.87. The Hall–Kier alpha value is -4.40. The normalized spacial score (nSPS) is 15.0. The van der Waals surface area contributed by atoms with Gasteiger partial charge in [0.05, 0.1) is 30.4 Å². The van der Waals surface area contributed by atoms with E-state index in [0.29, 0.717) is 5.69 Å². The summed E-state index contributed by atoms with van der Waals surface area (Å²) in [5.74, 6) is 0. The van der Waals surface area contributed by atoms with Gasteiger partial charge in [0.25, 0.3) is 0 Å². The SMILES string of the molecule is [2H]c1c([2H])c([2H])c(-c2ccc(-n3c4ccccc4c4ccc(-c5ccccc5Br)cc43)c(-c3c([2H])c([2H])c([2H])c([2H])c3[2H])c2)c([2H])c1[2H]. The first-order valence-electron chi connectivity index (χ1n) is 17.0. The van der Waals surface area contributed by atoms with Gasteiger partial charge in [0.15, 0.2) is 0 Å². The second kappa shape index (κ2) is 9.48. The van der Waals surface area contributed by atoms with Crippen LogP contribution in [0.4, 0.5) is 0 Å². The minimum atomic E-state index is -0.535. The highest BCUT2D eigenvalue weighted by Gasteiger charge is 2.17. The van der Waals surface area contributed by atoms with Crippen molar-refractivity contribution in [1.82, 2.24) is 4.57 Å². The third kappa shape index (κ3) is 3.86. The van der Waals surface area contributed by atoms with Gasteiger partial charge in [-0.2, -0.15) is 0 Å². The molecule has 7 aromatic rings. The van der Waals surface area contributed by atoms with Crippen molar-refractivity contribution in [2.24, 2.45) is 0 Å². The highest BCUT2D eigenvalue weighted by molar-refractivity contribution is 9.10. The van der Waals surface area contributed by atoms with Gasteiger partial charge < -0.3 is 4.57 Å². The van der Waals surface area contributed by atoms with Crippen molar-refractivity contribution in [1.29, 1.82) is 0 Å². The summed E-state index contributed by atoms with van der Waals surface area (Å²) in [4.78, 5) is 0. The number of hydrogen-bond donors (Lipinski definition) is 0. The first-order chi connectivity index (χ1) is 22.9. The van der Waals surface area contributed by atoms with Crippen molar-refractivity contribution in [2.75, 3.05) is 0 Å². The Bertz CT molecular complexity index is 2430. The molecule has 0 amide bonds. The van der Waals surface area contributed by atoms with Crippen LogP contribution in [0.1, 0.15) is 13.7 Å². The molecule has 180 valence electrons. The summed E-state index contributed by atoms with van der Waals surface area (Å²) >= 11 is 3.66. The lowest BCUT2D eigenvalue weighted by Crippen LogP contribution is -1.98. The summed E-state index contributed by atoms with van der Waals surface area (Å²) in [7, 11) is 0. The average Bonchev–Trinajstić information content (AvgIpc) is 3.42. The minimum Gasteiger partial charge on any atom is -0.309 e. The van der Waals surface area contributed by atoms with Crippen LogP contribution in [0.3, 0.4) is 0 Å². The van der Waals surface area contributed by atoms with E-state index in [1.165, 1.54) is 0 Å². The molecule has 0 saturated heterocycles. The fourth-order valence-electron chi connectivity index (χ4n) is 4.96. The van der Waals surface area contributed by atoms with E-state index in [9.17, 15) is 0 Å². The predicted octanol–water partition coefficient (Wildman–Crippen LogP) is 10.5. The number of halogens is 1. The van der Waals surface area contributed by atoms with Gasteiger partial charge in [-0.1, -0.05) is 131 Å². The fourth-order valence-corrected chi connectivity index (χ4v) is 5.47. The van der Waals surface area contributed by atoms with Crippen LogP contribution in [0.15, 0.2) is 150 Å². The van der Waals surface area contributed by atoms with E-state index in [4.69, 9.17) is 13.7 Å². The molecule has 0 aliphatic carbocycles. The molecule has 2 heteroatoms. The van der Waals surface area contributed by atoms with Crippen molar-refractivity contribution in [3.63, 3.8) is 0 Å². The van der Waals surface area contributed by atoms with E-state index in [-0.39, 0.29) is 22.3 Å². The largest absolute Gasteiger partial charge is 0.309 e. The molecule has 7 rings (SSSR count). The zero-order chi connectivity index (χ0) is 34.2. The maximum absolute atomic E-state index is 8.90. The van der Waals surface area contributed by atoms with Crippen LogP contribution in [0.2, 0.25) is 0 Å². The number of benzene rings is 6. The Kier molecular flexibility index (Phi) is 3.62. The van der Waals surface area contributed by atoms with Crippen molar-refractivity contribution in [3.05, 3.63) is 150 Å². The Morgan fingerprint density at radius 3 is 1.95 bits per heavy atom. The maximum atomic E-state index is 8.90. The molecule has 1 nitrogen and oxygen atoms in total. The van der Waals surface area contributed by atoms with Gasteiger partial charge >= 0.3 is 0 Å². The molecule has 0 N–H and O–H groups in total. The zero-order valence-corrected chi connectivity index (χ0v) is 21.5. The average molecular weight is 561 g/mol. The molecular formula is C36H24BrN. The van der Waals surface area contributed by atoms with Gasteiger partial charge in [0.1, 0.15) is 0 Å². The van der Waals surface area contributed by atoms with Crippen LogP contribution >= 0.6 is 15.9 Å². The molecule has 0 fully saturated rings. The van der Waals surface area contributed by atoms with Gasteiger partial charge in [-0.15, -0.1) is 0 Å². The Morgan fingerprint density at radius 1 is 0.500 bits per heavy atom. The van der Waals surface area contributed by atoms with Gasteiger partial charge in [-0.3, -0.25) is 0 Å². The van der Waals surface area contributed by atoms with Gasteiger partial charge in [-0.05, 0) is 58.1 Å². The molecule has 0 unspecified atom stereocenters. The molecule has 1 aromatic heterocycles. The summed E-state index contributed by atoms with van der Waals surface area (Å²) in [5.41, 5.74) is 4.35. The van der Waals surface area contributed by atoms with Crippen LogP contribution in [0, 0.1) is 0 Å². The van der Waals surface area contributed by atoms with Gasteiger partial charge in [0, 0.05) is 20.8 Å². The summed E-state index contributed by atoms with van der Waals surface area (Å²) in [6.45, 7) is 0. The summed E-state index contributed by atoms with van der Waals surface area (Å²) < 4.78 is 87.6. The number of rotatable bonds is 4. The minimum absolute atomic E-state index is 0.0559. The lowest BCUT2D eigenvalue weighted by Gasteiger charge is -2.16. The van der Waals surface area contributed by atoms with E-state index < -0.39 is 60.4 Å². The maximum Gasteiger partial charge on any atom is 0.0629 e. The van der Waals surface area contributed by atoms with E-state index in [0.717, 1.165) is 37.4 Å². The van der Waals surface area contributed by atoms with Crippen LogP contribution < -0.4 is 0 Å². The molecule has 0 atom stereocenters. The van der Waals surface area contributed by atoms with E-state index in [1.54, 1.807) is 18.2 Å². The molecule has 0 aliphatic heterocycles. The van der Waals surface area contributed by atoms with Gasteiger partial charge in [0.2, 0.25) is 0 Å². The highest BCUT2D eigenvalue weighted by Crippen LogP contribution is 2.40. The van der Waals surface area contributed by atoms with Crippen molar-refractivity contribution < 1.29 is 13.7 Å². The number of aromatic nitrogens is 1. The lowest BCUT2D eigenvalue weighted by atomic mass is 9.97. The quantitative estimate of drug-likeness (QED) is 0.202. The first kappa shape index (κ1) is 14.5. The Balaban J connectivity index is 1.63. The van der Waals surface area contributed by atoms with Crippen LogP contribution in [-0.2, 0) is 0 Å². The standard InChI is InChI=1S/C36H24BrN/c37-33-17-9-7-15-29(33)28-19-21-31-30-16-8-10-18-34(30)38(36(31)24-28)35-22-20-27(25-11-3-1-4-12-25)23-32(35)26-13-5-2-6-14-26/h1-24H/i1D,2D,3D,4D,5D,6D,11D,12D,13D,14D. The fraction of sp³-hybridized carbons (Fsp3) is 0. The number of fused-ring (bicyclic) bond motifs is 3. The summed E-state index contributed by atoms with van der Waals surface area (Å²) in [6, 6.07) is 21.9. The van der Waals surface area contributed by atoms with E-state index in [1.807, 2.05) is 71.3 Å². The smallest absolute Gasteiger partial charge is 0.0629 e. The third-order valence-corrected chi connectivity index (χ3v) is 7.35. The van der Waals surface area contributed by atoms with E-state index in [2.05, 4.69) is 15.9 Å². The van der Waals surface area contributed by atoms with Gasteiger partial charge in [-0.25, -0.2) is 0 Å². The lowest BCUT2D eigenvalue weighted by molar-refractivity contribution is 1.18. The molecule has 0 radical (unpaired) electrons. The third-order valence-electron chi connectivity index (χ3n) is 6.65. The van der Waals surface area contributed by atoms with E-state index >= 15 is 0 Å². The second-order valence-corrected chi connectivity index (χ2v) is 9.65. The van der Waals surface area contributed by atoms with Crippen molar-refractivity contribution >= 4 is 37.7 Å². The van der Waals surface area contributed by atoms with Crippen LogP contribution in [0.25, 0.3) is 60.9 Å². The number of para-hydroxylation sites is 1. The van der Waals surface area contributed by atoms with Crippen molar-refractivity contribution in [3.8, 4) is 39.1 Å². The predicted molar refractivity (Wildman–Crippen MR) is 165 cm³/mol. The molecular weight excluding hydrogens is 526 g/mol. The summed E-state index contributed by atoms with van der Waals surface area (Å²) in [6.07, 6.45) is 0. The molecule has 0 saturated carbocycles. The van der Waals surface area contributed by atoms with Crippen LogP contribution in [-0.4, -0.2) is 4.57 Å². The molecule has 0 aliphatic rings. The topological polar surface area (TPSA) is 4.93 Å². The van der Waals surface area contributed by atoms with Crippen LogP contribution in [0.5, 0.6) is 0 Å². The molecule has 38 heavy (non-hydrogen) atoms. The number of nitrogens with zero attached hydrogens (tertiary/aromatic N) is 1.